The molecule has 0 aliphatic carbocycles. The molecule has 0 amide bonds. The number of aliphatic hydroxyl groups excluding tert-OH is 1. The second-order valence-electron chi connectivity index (χ2n) is 3.43. The summed E-state index contributed by atoms with van der Waals surface area (Å²) in [6.07, 6.45) is -2.16. The third-order valence-corrected chi connectivity index (χ3v) is 1.61. The van der Waals surface area contributed by atoms with Gasteiger partial charge in [0.2, 0.25) is 0 Å². The van der Waals surface area contributed by atoms with Gasteiger partial charge in [0.1, 0.15) is 13.2 Å². The maximum Gasteiger partial charge on any atom is 0.508 e. The Morgan fingerprint density at radius 3 is 1.62 bits per heavy atom. The van der Waals surface area contributed by atoms with Crippen LogP contribution in [-0.2, 0) is 56.4 Å². The smallest absolute Gasteiger partial charge is 0.438 e. The number of ether oxygens (including phenoxy) is 5. The molecule has 0 aliphatic rings. The third-order valence-electron chi connectivity index (χ3n) is 1.61. The number of rotatable bonds is 5. The minimum atomic E-state index is -0.768. The summed E-state index contributed by atoms with van der Waals surface area (Å²) in [6, 6.07) is 0. The topological polar surface area (TPSA) is 101 Å². The SMILES string of the molecule is C.COC(=O)OCC(C)O.COC(=O)OCC(C)OC.[Y]. The van der Waals surface area contributed by atoms with Gasteiger partial charge in [0, 0.05) is 39.8 Å². The Bertz CT molecular complexity index is 247. The number of carbonyl (C=O) groups excluding carboxylic acids is 2. The fraction of sp³-hybridized carbons (Fsp3) is 0.833. The minimum absolute atomic E-state index is 0. The zero-order chi connectivity index (χ0) is 15.3. The second kappa shape index (κ2) is 19.6. The molecule has 0 saturated carbocycles. The molecule has 125 valence electrons. The first-order chi connectivity index (χ1) is 8.87. The van der Waals surface area contributed by atoms with Crippen LogP contribution in [0.3, 0.4) is 0 Å². The predicted molar refractivity (Wildman–Crippen MR) is 71.6 cm³/mol. The standard InChI is InChI=1S/C6H12O4.C5H10O4.CH4.Y/c1-5(8-2)4-10-6(7)9-3;1-4(6)3-9-5(7)8-2;;/h5H,4H2,1-3H3;4,6H,3H2,1-2H3;1H4;. The van der Waals surface area contributed by atoms with E-state index in [9.17, 15) is 9.59 Å². The second-order valence-corrected chi connectivity index (χ2v) is 3.43. The molecule has 0 spiro atoms. The largest absolute Gasteiger partial charge is 0.508 e. The van der Waals surface area contributed by atoms with Crippen molar-refractivity contribution in [3.05, 3.63) is 0 Å². The predicted octanol–water partition coefficient (Wildman–Crippen LogP) is 1.59. The molecule has 0 fully saturated rings. The first-order valence-electron chi connectivity index (χ1n) is 5.49. The Kier molecular flexibility index (Phi) is 26.7. The van der Waals surface area contributed by atoms with Gasteiger partial charge in [-0.1, -0.05) is 7.43 Å². The molecule has 2 atom stereocenters. The summed E-state index contributed by atoms with van der Waals surface area (Å²) in [6.45, 7) is 3.52. The van der Waals surface area contributed by atoms with Gasteiger partial charge in [-0.05, 0) is 13.8 Å². The minimum Gasteiger partial charge on any atom is -0.438 e. The van der Waals surface area contributed by atoms with Crippen molar-refractivity contribution in [3.63, 3.8) is 0 Å². The summed E-state index contributed by atoms with van der Waals surface area (Å²) in [4.78, 5) is 20.5. The molecule has 21 heavy (non-hydrogen) atoms. The maximum atomic E-state index is 10.3. The Balaban J connectivity index is -0.000000126. The Morgan fingerprint density at radius 1 is 0.952 bits per heavy atom. The van der Waals surface area contributed by atoms with Crippen molar-refractivity contribution in [2.75, 3.05) is 34.5 Å². The summed E-state index contributed by atoms with van der Waals surface area (Å²) < 4.78 is 22.1. The summed E-state index contributed by atoms with van der Waals surface area (Å²) in [7, 11) is 4.02. The van der Waals surface area contributed by atoms with Crippen LogP contribution < -0.4 is 0 Å². The molecule has 0 saturated heterocycles. The van der Waals surface area contributed by atoms with Gasteiger partial charge in [-0.3, -0.25) is 0 Å². The molecular formula is C12H26O8Y. The van der Waals surface area contributed by atoms with Crippen molar-refractivity contribution in [1.82, 2.24) is 0 Å². The van der Waals surface area contributed by atoms with E-state index in [1.54, 1.807) is 14.0 Å². The fourth-order valence-electron chi connectivity index (χ4n) is 0.560. The normalized spacial score (nSPS) is 11.1. The summed E-state index contributed by atoms with van der Waals surface area (Å²) in [5.41, 5.74) is 0. The zero-order valence-electron chi connectivity index (χ0n) is 12.5. The van der Waals surface area contributed by atoms with Gasteiger partial charge in [0.05, 0.1) is 26.4 Å². The van der Waals surface area contributed by atoms with Gasteiger partial charge < -0.3 is 28.8 Å². The van der Waals surface area contributed by atoms with Gasteiger partial charge in [0.15, 0.2) is 0 Å². The van der Waals surface area contributed by atoms with Crippen molar-refractivity contribution in [2.24, 2.45) is 0 Å². The van der Waals surface area contributed by atoms with Crippen LogP contribution in [0.4, 0.5) is 9.59 Å². The maximum absolute atomic E-state index is 10.3. The molecule has 2 unspecified atom stereocenters. The first-order valence-corrected chi connectivity index (χ1v) is 5.49. The van der Waals surface area contributed by atoms with Crippen molar-refractivity contribution >= 4 is 12.3 Å². The van der Waals surface area contributed by atoms with Gasteiger partial charge in [-0.15, -0.1) is 0 Å². The Hall–Kier alpha value is -0.436. The van der Waals surface area contributed by atoms with Gasteiger partial charge in [0.25, 0.3) is 0 Å². The van der Waals surface area contributed by atoms with E-state index in [1.807, 2.05) is 0 Å². The van der Waals surface area contributed by atoms with Crippen molar-refractivity contribution in [3.8, 4) is 0 Å². The average molecular weight is 387 g/mol. The molecule has 0 rings (SSSR count). The summed E-state index contributed by atoms with van der Waals surface area (Å²) >= 11 is 0. The van der Waals surface area contributed by atoms with Crippen LogP contribution in [-0.4, -0.2) is 64.2 Å². The van der Waals surface area contributed by atoms with Crippen LogP contribution in [0, 0.1) is 0 Å². The quantitative estimate of drug-likeness (QED) is 0.710. The molecular weight excluding hydrogens is 361 g/mol. The van der Waals surface area contributed by atoms with Crippen LogP contribution in [0.25, 0.3) is 0 Å². The zero-order valence-corrected chi connectivity index (χ0v) is 15.3. The van der Waals surface area contributed by atoms with Crippen molar-refractivity contribution in [2.45, 2.75) is 33.5 Å². The molecule has 0 heterocycles. The van der Waals surface area contributed by atoms with E-state index < -0.39 is 18.4 Å². The van der Waals surface area contributed by atoms with Crippen LogP contribution in [0.15, 0.2) is 0 Å². The molecule has 1 N–H and O–H groups in total. The van der Waals surface area contributed by atoms with Crippen LogP contribution in [0.1, 0.15) is 21.3 Å². The van der Waals surface area contributed by atoms with Crippen molar-refractivity contribution < 1.29 is 71.1 Å². The van der Waals surface area contributed by atoms with E-state index in [0.717, 1.165) is 0 Å². The monoisotopic (exact) mass is 387 g/mol. The Labute approximate surface area is 151 Å². The number of hydrogen-bond acceptors (Lipinski definition) is 8. The van der Waals surface area contributed by atoms with Crippen LogP contribution >= 0.6 is 0 Å². The number of aliphatic hydroxyl groups is 1. The van der Waals surface area contributed by atoms with E-state index in [4.69, 9.17) is 9.84 Å². The van der Waals surface area contributed by atoms with E-state index in [1.165, 1.54) is 21.1 Å². The number of hydrogen-bond donors (Lipinski definition) is 1. The molecule has 9 heteroatoms. The van der Waals surface area contributed by atoms with E-state index in [2.05, 4.69) is 18.9 Å². The molecule has 0 aromatic carbocycles. The molecule has 0 aliphatic heterocycles. The van der Waals surface area contributed by atoms with E-state index >= 15 is 0 Å². The first kappa shape index (κ1) is 28.7. The molecule has 1 radical (unpaired) electrons. The third kappa shape index (κ3) is 24.9. The van der Waals surface area contributed by atoms with Gasteiger partial charge in [-0.2, -0.15) is 0 Å². The number of carbonyl (C=O) groups is 2. The fourth-order valence-corrected chi connectivity index (χ4v) is 0.560. The summed E-state index contributed by atoms with van der Waals surface area (Å²) in [5.74, 6) is 0. The molecule has 0 bridgehead atoms. The molecule has 0 aromatic rings. The van der Waals surface area contributed by atoms with Gasteiger partial charge >= 0.3 is 12.3 Å². The van der Waals surface area contributed by atoms with E-state index in [0.29, 0.717) is 0 Å². The Morgan fingerprint density at radius 2 is 1.33 bits per heavy atom. The molecule has 8 nitrogen and oxygen atoms in total. The molecule has 0 aromatic heterocycles. The summed E-state index contributed by atoms with van der Waals surface area (Å²) in [5, 5.41) is 8.56. The van der Waals surface area contributed by atoms with Crippen LogP contribution in [0.5, 0.6) is 0 Å². The van der Waals surface area contributed by atoms with E-state index in [-0.39, 0.29) is 59.5 Å². The van der Waals surface area contributed by atoms with Crippen LogP contribution in [0.2, 0.25) is 0 Å². The van der Waals surface area contributed by atoms with Crippen molar-refractivity contribution in [1.29, 1.82) is 0 Å². The average Bonchev–Trinajstić information content (AvgIpc) is 2.41. The number of methoxy groups -OCH3 is 3. The van der Waals surface area contributed by atoms with Gasteiger partial charge in [-0.25, -0.2) is 9.59 Å².